The van der Waals surface area contributed by atoms with Crippen molar-refractivity contribution in [1.82, 2.24) is 0 Å². The van der Waals surface area contributed by atoms with Crippen LogP contribution in [0.4, 0.5) is 21.9 Å². The average molecular weight is 401 g/mol. The van der Waals surface area contributed by atoms with E-state index in [0.29, 0.717) is 11.4 Å². The fourth-order valence-electron chi connectivity index (χ4n) is 4.02. The normalized spacial score (nSPS) is 23.1. The van der Waals surface area contributed by atoms with Crippen LogP contribution in [0.2, 0.25) is 0 Å². The summed E-state index contributed by atoms with van der Waals surface area (Å²) >= 11 is 0. The highest BCUT2D eigenvalue weighted by Gasteiger charge is 2.54. The Balaban J connectivity index is 1.81. The van der Waals surface area contributed by atoms with E-state index in [4.69, 9.17) is 0 Å². The number of hydrogen-bond donors (Lipinski definition) is 0. The Kier molecular flexibility index (Phi) is 4.15. The zero-order valence-corrected chi connectivity index (χ0v) is 16.2. The third-order valence-electron chi connectivity index (χ3n) is 5.54. The molecule has 28 heavy (non-hydrogen) atoms. The minimum Gasteiger partial charge on any atom is -0.288 e. The number of nitro benzene ring substituents is 1. The van der Waals surface area contributed by atoms with Crippen molar-refractivity contribution >= 4 is 32.9 Å². The first kappa shape index (κ1) is 18.4. The first-order valence-corrected chi connectivity index (χ1v) is 10.7. The number of nitro groups is 1. The van der Waals surface area contributed by atoms with E-state index in [9.17, 15) is 23.3 Å². The first-order valence-electron chi connectivity index (χ1n) is 8.83. The molecular formula is C19H19N3O5S. The summed E-state index contributed by atoms with van der Waals surface area (Å²) in [4.78, 5) is 26.8. The Hall–Kier alpha value is -2.94. The zero-order chi connectivity index (χ0) is 20.2. The third-order valence-corrected chi connectivity index (χ3v) is 7.24. The molecule has 2 aromatic rings. The van der Waals surface area contributed by atoms with Gasteiger partial charge in [-0.1, -0.05) is 12.1 Å². The number of amides is 2. The highest BCUT2D eigenvalue weighted by molar-refractivity contribution is 7.91. The van der Waals surface area contributed by atoms with E-state index in [1.54, 1.807) is 4.90 Å². The van der Waals surface area contributed by atoms with Crippen LogP contribution in [0.3, 0.4) is 0 Å². The summed E-state index contributed by atoms with van der Waals surface area (Å²) in [5.41, 5.74) is 3.00. The molecule has 0 saturated carbocycles. The van der Waals surface area contributed by atoms with Crippen LogP contribution in [0, 0.1) is 24.0 Å². The van der Waals surface area contributed by atoms with Gasteiger partial charge in [0.2, 0.25) is 0 Å². The summed E-state index contributed by atoms with van der Waals surface area (Å²) in [5.74, 6) is -0.220. The van der Waals surface area contributed by atoms with E-state index in [0.717, 1.165) is 11.1 Å². The minimum absolute atomic E-state index is 0.0858. The van der Waals surface area contributed by atoms with Gasteiger partial charge in [0.15, 0.2) is 9.84 Å². The number of anilines is 2. The number of urea groups is 1. The molecule has 9 heteroatoms. The van der Waals surface area contributed by atoms with Gasteiger partial charge in [-0.3, -0.25) is 19.9 Å². The van der Waals surface area contributed by atoms with Crippen LogP contribution in [-0.4, -0.2) is 43.0 Å². The van der Waals surface area contributed by atoms with Crippen molar-refractivity contribution in [2.75, 3.05) is 21.3 Å². The van der Waals surface area contributed by atoms with Gasteiger partial charge in [-0.25, -0.2) is 13.2 Å². The van der Waals surface area contributed by atoms with Crippen LogP contribution in [-0.2, 0) is 9.84 Å². The lowest BCUT2D eigenvalue weighted by Crippen LogP contribution is -2.38. The molecule has 0 spiro atoms. The van der Waals surface area contributed by atoms with Gasteiger partial charge in [0.05, 0.1) is 28.5 Å². The number of carbonyl (C=O) groups is 1. The van der Waals surface area contributed by atoms with Crippen molar-refractivity contribution in [3.63, 3.8) is 0 Å². The number of carbonyl (C=O) groups excluding carboxylic acids is 1. The molecule has 2 unspecified atom stereocenters. The summed E-state index contributed by atoms with van der Waals surface area (Å²) in [6, 6.07) is 9.90. The van der Waals surface area contributed by atoms with Gasteiger partial charge >= 0.3 is 6.03 Å². The van der Waals surface area contributed by atoms with Gasteiger partial charge in [0.25, 0.3) is 5.69 Å². The second-order valence-electron chi connectivity index (χ2n) is 7.23. The fraction of sp³-hybridized carbons (Fsp3) is 0.316. The molecule has 2 aliphatic heterocycles. The van der Waals surface area contributed by atoms with Gasteiger partial charge in [-0.2, -0.15) is 0 Å². The summed E-state index contributed by atoms with van der Waals surface area (Å²) in [6.07, 6.45) is 0. The SMILES string of the molecule is Cc1cccc(N2C(=O)N(c3ccc([N+](=O)[O-])cc3)C3CS(=O)(=O)CC32)c1C. The van der Waals surface area contributed by atoms with Crippen LogP contribution in [0.1, 0.15) is 11.1 Å². The summed E-state index contributed by atoms with van der Waals surface area (Å²) in [7, 11) is -3.30. The summed E-state index contributed by atoms with van der Waals surface area (Å²) in [6.45, 7) is 3.85. The number of non-ortho nitro benzene ring substituents is 1. The second-order valence-corrected chi connectivity index (χ2v) is 9.38. The number of benzene rings is 2. The first-order chi connectivity index (χ1) is 13.2. The Morgan fingerprint density at radius 3 is 2.21 bits per heavy atom. The molecule has 2 fully saturated rings. The smallest absolute Gasteiger partial charge is 0.288 e. The minimum atomic E-state index is -3.30. The lowest BCUT2D eigenvalue weighted by Gasteiger charge is -2.24. The average Bonchev–Trinajstić information content (AvgIpc) is 3.06. The lowest BCUT2D eigenvalue weighted by atomic mass is 10.1. The predicted octanol–water partition coefficient (Wildman–Crippen LogP) is 2.82. The van der Waals surface area contributed by atoms with E-state index >= 15 is 0 Å². The number of sulfone groups is 1. The van der Waals surface area contributed by atoms with Gasteiger partial charge in [0.1, 0.15) is 0 Å². The fourth-order valence-corrected chi connectivity index (χ4v) is 5.94. The van der Waals surface area contributed by atoms with Crippen molar-refractivity contribution in [2.24, 2.45) is 0 Å². The van der Waals surface area contributed by atoms with Crippen molar-refractivity contribution in [1.29, 1.82) is 0 Å². The molecule has 8 nitrogen and oxygen atoms in total. The quantitative estimate of drug-likeness (QED) is 0.447. The molecule has 2 aromatic carbocycles. The van der Waals surface area contributed by atoms with Crippen LogP contribution >= 0.6 is 0 Å². The van der Waals surface area contributed by atoms with Crippen LogP contribution in [0.5, 0.6) is 0 Å². The maximum atomic E-state index is 13.3. The van der Waals surface area contributed by atoms with Gasteiger partial charge in [-0.05, 0) is 43.2 Å². The molecule has 0 bridgehead atoms. The third kappa shape index (κ3) is 2.82. The maximum absolute atomic E-state index is 13.3. The largest absolute Gasteiger partial charge is 0.329 e. The van der Waals surface area contributed by atoms with E-state index in [1.165, 1.54) is 29.2 Å². The molecule has 2 saturated heterocycles. The predicted molar refractivity (Wildman–Crippen MR) is 106 cm³/mol. The molecular weight excluding hydrogens is 382 g/mol. The van der Waals surface area contributed by atoms with E-state index in [2.05, 4.69) is 0 Å². The second kappa shape index (κ2) is 6.30. The number of rotatable bonds is 3. The molecule has 0 aromatic heterocycles. The Morgan fingerprint density at radius 2 is 1.61 bits per heavy atom. The van der Waals surface area contributed by atoms with Crippen LogP contribution in [0.15, 0.2) is 42.5 Å². The number of hydrogen-bond acceptors (Lipinski definition) is 5. The molecule has 0 radical (unpaired) electrons. The molecule has 0 aliphatic carbocycles. The van der Waals surface area contributed by atoms with E-state index in [-0.39, 0.29) is 23.2 Å². The highest BCUT2D eigenvalue weighted by atomic mass is 32.2. The van der Waals surface area contributed by atoms with Gasteiger partial charge in [0, 0.05) is 23.5 Å². The number of nitrogens with zero attached hydrogens (tertiary/aromatic N) is 3. The maximum Gasteiger partial charge on any atom is 0.329 e. The molecule has 146 valence electrons. The Labute approximate surface area is 162 Å². The standard InChI is InChI=1S/C19H19N3O5S/c1-12-4-3-5-16(13(12)2)21-18-11-28(26,27)10-17(18)20(19(21)23)14-6-8-15(9-7-14)22(24)25/h3-9,17-18H,10-11H2,1-2H3. The van der Waals surface area contributed by atoms with E-state index < -0.39 is 26.8 Å². The van der Waals surface area contributed by atoms with E-state index in [1.807, 2.05) is 32.0 Å². The summed E-state index contributed by atoms with van der Waals surface area (Å²) < 4.78 is 24.7. The van der Waals surface area contributed by atoms with Crippen molar-refractivity contribution in [3.8, 4) is 0 Å². The number of aryl methyl sites for hydroxylation is 1. The lowest BCUT2D eigenvalue weighted by molar-refractivity contribution is -0.384. The Bertz CT molecular complexity index is 1080. The van der Waals surface area contributed by atoms with Crippen molar-refractivity contribution in [2.45, 2.75) is 25.9 Å². The molecule has 2 aliphatic rings. The molecule has 2 heterocycles. The summed E-state index contributed by atoms with van der Waals surface area (Å²) in [5, 5.41) is 10.9. The van der Waals surface area contributed by atoms with Gasteiger partial charge in [-0.15, -0.1) is 0 Å². The molecule has 2 amide bonds. The molecule has 4 rings (SSSR count). The van der Waals surface area contributed by atoms with Crippen molar-refractivity contribution in [3.05, 3.63) is 63.7 Å². The Morgan fingerprint density at radius 1 is 1.00 bits per heavy atom. The molecule has 2 atom stereocenters. The monoisotopic (exact) mass is 401 g/mol. The van der Waals surface area contributed by atoms with Crippen LogP contribution in [0.25, 0.3) is 0 Å². The van der Waals surface area contributed by atoms with Gasteiger partial charge < -0.3 is 0 Å². The molecule has 0 N–H and O–H groups in total. The van der Waals surface area contributed by atoms with Crippen LogP contribution < -0.4 is 9.80 Å². The highest BCUT2D eigenvalue weighted by Crippen LogP contribution is 2.39. The zero-order valence-electron chi connectivity index (χ0n) is 15.4. The number of fused-ring (bicyclic) bond motifs is 1. The topological polar surface area (TPSA) is 101 Å². The van der Waals surface area contributed by atoms with Crippen molar-refractivity contribution < 1.29 is 18.1 Å².